The molecule has 0 aliphatic carbocycles. The smallest absolute Gasteiger partial charge is 0.272 e. The predicted molar refractivity (Wildman–Crippen MR) is 125 cm³/mol. The van der Waals surface area contributed by atoms with Crippen molar-refractivity contribution < 1.29 is 23.5 Å². The van der Waals surface area contributed by atoms with Gasteiger partial charge in [-0.1, -0.05) is 30.3 Å². The highest BCUT2D eigenvalue weighted by Gasteiger charge is 2.42. The summed E-state index contributed by atoms with van der Waals surface area (Å²) in [5.41, 5.74) is 1.29. The molecule has 164 valence electrons. The number of methoxy groups -OCH3 is 1. The predicted octanol–water partition coefficient (Wildman–Crippen LogP) is 5.29. The maximum Gasteiger partial charge on any atom is 0.272 e. The number of anilines is 1. The number of para-hydroxylation sites is 3. The molecular weight excluding hydrogens is 426 g/mol. The van der Waals surface area contributed by atoms with E-state index in [0.29, 0.717) is 44.7 Å². The highest BCUT2D eigenvalue weighted by Crippen LogP contribution is 2.44. The van der Waals surface area contributed by atoms with E-state index < -0.39 is 11.8 Å². The topological polar surface area (TPSA) is 69.0 Å². The molecule has 2 aromatic carbocycles. The van der Waals surface area contributed by atoms with Gasteiger partial charge in [0.2, 0.25) is 0 Å². The lowest BCUT2D eigenvalue weighted by Crippen LogP contribution is -2.32. The summed E-state index contributed by atoms with van der Waals surface area (Å²) in [6, 6.07) is 17.9. The van der Waals surface area contributed by atoms with Crippen LogP contribution in [0.1, 0.15) is 25.2 Å². The summed E-state index contributed by atoms with van der Waals surface area (Å²) in [5.74, 6) is 1.31. The number of furan rings is 1. The summed E-state index contributed by atoms with van der Waals surface area (Å²) >= 11 is 1.27. The molecule has 0 N–H and O–H groups in total. The first-order chi connectivity index (χ1) is 15.5. The number of nitrogens with zero attached hydrogens (tertiary/aromatic N) is 1. The van der Waals surface area contributed by atoms with Crippen molar-refractivity contribution in [2.24, 2.45) is 0 Å². The van der Waals surface area contributed by atoms with Gasteiger partial charge in [-0.3, -0.25) is 9.59 Å². The summed E-state index contributed by atoms with van der Waals surface area (Å²) in [7, 11) is 1.54. The molecule has 0 radical (unpaired) electrons. The SMILES string of the molecule is COc1ccccc1C1=C(SCc2ccco2)C(=O)N(c2ccccc2OC(C)C)C1=O. The number of hydrogen-bond acceptors (Lipinski definition) is 6. The second-order valence-electron chi connectivity index (χ2n) is 7.35. The molecule has 1 aromatic heterocycles. The van der Waals surface area contributed by atoms with Crippen molar-refractivity contribution in [1.82, 2.24) is 0 Å². The number of amides is 2. The van der Waals surface area contributed by atoms with Gasteiger partial charge in [0.05, 0.1) is 41.4 Å². The molecule has 0 unspecified atom stereocenters. The quantitative estimate of drug-likeness (QED) is 0.435. The number of carbonyl (C=O) groups is 2. The van der Waals surface area contributed by atoms with Gasteiger partial charge in [0.1, 0.15) is 17.3 Å². The zero-order chi connectivity index (χ0) is 22.7. The molecule has 2 amide bonds. The van der Waals surface area contributed by atoms with E-state index in [4.69, 9.17) is 13.9 Å². The molecule has 0 saturated heterocycles. The second-order valence-corrected chi connectivity index (χ2v) is 8.34. The van der Waals surface area contributed by atoms with Crippen molar-refractivity contribution in [3.8, 4) is 11.5 Å². The van der Waals surface area contributed by atoms with Crippen LogP contribution in [-0.2, 0) is 15.3 Å². The second kappa shape index (κ2) is 9.36. The Kier molecular flexibility index (Phi) is 6.37. The van der Waals surface area contributed by atoms with E-state index in [1.54, 1.807) is 49.8 Å². The third-order valence-electron chi connectivity index (χ3n) is 4.83. The summed E-state index contributed by atoms with van der Waals surface area (Å²) in [5, 5.41) is 0. The van der Waals surface area contributed by atoms with Gasteiger partial charge in [-0.05, 0) is 44.2 Å². The van der Waals surface area contributed by atoms with Gasteiger partial charge in [-0.25, -0.2) is 4.90 Å². The van der Waals surface area contributed by atoms with Gasteiger partial charge in [0.15, 0.2) is 0 Å². The van der Waals surface area contributed by atoms with E-state index >= 15 is 0 Å². The molecule has 0 bridgehead atoms. The Labute approximate surface area is 190 Å². The van der Waals surface area contributed by atoms with Gasteiger partial charge < -0.3 is 13.9 Å². The Morgan fingerprint density at radius 3 is 2.34 bits per heavy atom. The lowest BCUT2D eigenvalue weighted by atomic mass is 10.0. The highest BCUT2D eigenvalue weighted by atomic mass is 32.2. The lowest BCUT2D eigenvalue weighted by Gasteiger charge is -2.20. The van der Waals surface area contributed by atoms with Crippen LogP contribution in [0.3, 0.4) is 0 Å². The molecule has 0 atom stereocenters. The van der Waals surface area contributed by atoms with Crippen LogP contribution in [0.25, 0.3) is 5.57 Å². The van der Waals surface area contributed by atoms with E-state index in [1.165, 1.54) is 16.7 Å². The van der Waals surface area contributed by atoms with Gasteiger partial charge >= 0.3 is 0 Å². The van der Waals surface area contributed by atoms with E-state index in [0.717, 1.165) is 0 Å². The number of hydrogen-bond donors (Lipinski definition) is 0. The zero-order valence-corrected chi connectivity index (χ0v) is 18.8. The Balaban J connectivity index is 1.80. The molecule has 0 spiro atoms. The summed E-state index contributed by atoms with van der Waals surface area (Å²) in [6.45, 7) is 3.79. The van der Waals surface area contributed by atoms with Crippen LogP contribution < -0.4 is 14.4 Å². The molecule has 0 saturated carbocycles. The van der Waals surface area contributed by atoms with Gasteiger partial charge in [0, 0.05) is 5.56 Å². The first-order valence-corrected chi connectivity index (χ1v) is 11.2. The fourth-order valence-corrected chi connectivity index (χ4v) is 4.49. The Morgan fingerprint density at radius 2 is 1.66 bits per heavy atom. The molecule has 6 nitrogen and oxygen atoms in total. The van der Waals surface area contributed by atoms with E-state index in [9.17, 15) is 9.59 Å². The number of imide groups is 1. The standard InChI is InChI=1S/C25H23NO5S/c1-16(2)31-21-13-7-5-11-19(21)26-24(27)22(18-10-4-6-12-20(18)29-3)23(25(26)28)32-15-17-9-8-14-30-17/h4-14,16H,15H2,1-3H3. The van der Waals surface area contributed by atoms with Crippen LogP contribution in [0, 0.1) is 0 Å². The third-order valence-corrected chi connectivity index (χ3v) is 5.92. The van der Waals surface area contributed by atoms with E-state index in [-0.39, 0.29) is 6.10 Å². The van der Waals surface area contributed by atoms with Crippen molar-refractivity contribution >= 4 is 34.8 Å². The average Bonchev–Trinajstić information content (AvgIpc) is 3.38. The fourth-order valence-electron chi connectivity index (χ4n) is 3.48. The number of thioether (sulfide) groups is 1. The van der Waals surface area contributed by atoms with Crippen LogP contribution in [0.2, 0.25) is 0 Å². The van der Waals surface area contributed by atoms with Crippen LogP contribution in [0.5, 0.6) is 11.5 Å². The Hall–Kier alpha value is -3.45. The van der Waals surface area contributed by atoms with E-state index in [1.807, 2.05) is 38.1 Å². The van der Waals surface area contributed by atoms with Crippen molar-refractivity contribution in [3.05, 3.63) is 83.2 Å². The van der Waals surface area contributed by atoms with E-state index in [2.05, 4.69) is 0 Å². The molecule has 0 fully saturated rings. The summed E-state index contributed by atoms with van der Waals surface area (Å²) in [4.78, 5) is 28.8. The molecule has 2 heterocycles. The number of ether oxygens (including phenoxy) is 2. The lowest BCUT2D eigenvalue weighted by molar-refractivity contribution is -0.119. The van der Waals surface area contributed by atoms with Gasteiger partial charge in [-0.15, -0.1) is 11.8 Å². The Morgan fingerprint density at radius 1 is 0.938 bits per heavy atom. The van der Waals surface area contributed by atoms with Crippen molar-refractivity contribution in [2.45, 2.75) is 25.7 Å². The monoisotopic (exact) mass is 449 g/mol. The van der Waals surface area contributed by atoms with Crippen LogP contribution in [0.4, 0.5) is 5.69 Å². The van der Waals surface area contributed by atoms with Crippen LogP contribution in [-0.4, -0.2) is 25.0 Å². The van der Waals surface area contributed by atoms with Gasteiger partial charge in [-0.2, -0.15) is 0 Å². The molecular formula is C25H23NO5S. The minimum Gasteiger partial charge on any atom is -0.496 e. The molecule has 1 aliphatic heterocycles. The minimum atomic E-state index is -0.416. The first kappa shape index (κ1) is 21.8. The zero-order valence-electron chi connectivity index (χ0n) is 18.0. The summed E-state index contributed by atoms with van der Waals surface area (Å²) in [6.07, 6.45) is 1.47. The highest BCUT2D eigenvalue weighted by molar-refractivity contribution is 8.03. The fraction of sp³-hybridized carbons (Fsp3) is 0.200. The minimum absolute atomic E-state index is 0.113. The third kappa shape index (κ3) is 4.16. The van der Waals surface area contributed by atoms with Crippen molar-refractivity contribution in [3.63, 3.8) is 0 Å². The largest absolute Gasteiger partial charge is 0.496 e. The van der Waals surface area contributed by atoms with Crippen molar-refractivity contribution in [2.75, 3.05) is 12.0 Å². The average molecular weight is 450 g/mol. The number of rotatable bonds is 8. The van der Waals surface area contributed by atoms with Crippen LogP contribution >= 0.6 is 11.8 Å². The summed E-state index contributed by atoms with van der Waals surface area (Å²) < 4.78 is 16.8. The molecule has 1 aliphatic rings. The molecule has 32 heavy (non-hydrogen) atoms. The molecule has 7 heteroatoms. The normalized spacial score (nSPS) is 13.9. The molecule has 3 aromatic rings. The number of carbonyl (C=O) groups excluding carboxylic acids is 2. The maximum absolute atomic E-state index is 13.7. The molecule has 4 rings (SSSR count). The van der Waals surface area contributed by atoms with Crippen LogP contribution in [0.15, 0.2) is 76.2 Å². The Bertz CT molecular complexity index is 1170. The number of benzene rings is 2. The maximum atomic E-state index is 13.7. The van der Waals surface area contributed by atoms with Crippen molar-refractivity contribution in [1.29, 1.82) is 0 Å². The van der Waals surface area contributed by atoms with Gasteiger partial charge in [0.25, 0.3) is 11.8 Å². The first-order valence-electron chi connectivity index (χ1n) is 10.2.